The minimum atomic E-state index is -0.269. The van der Waals surface area contributed by atoms with E-state index in [4.69, 9.17) is 0 Å². The minimum absolute atomic E-state index is 0.224. The monoisotopic (exact) mass is 340 g/mol. The van der Waals surface area contributed by atoms with Crippen molar-refractivity contribution < 1.29 is 4.92 Å². The SMILES string of the molecule is CCC1(C)CCN(c2ccc(CBr)cc2[N+](=O)[O-])CC1. The van der Waals surface area contributed by atoms with Crippen LogP contribution >= 0.6 is 15.9 Å². The van der Waals surface area contributed by atoms with E-state index in [9.17, 15) is 10.1 Å². The molecule has 5 heteroatoms. The van der Waals surface area contributed by atoms with Crippen LogP contribution in [0.3, 0.4) is 0 Å². The van der Waals surface area contributed by atoms with Gasteiger partial charge in [0.15, 0.2) is 0 Å². The highest BCUT2D eigenvalue weighted by atomic mass is 79.9. The van der Waals surface area contributed by atoms with Gasteiger partial charge in [0, 0.05) is 24.5 Å². The number of anilines is 1. The molecule has 0 amide bonds. The summed E-state index contributed by atoms with van der Waals surface area (Å²) in [4.78, 5) is 13.2. The molecular weight excluding hydrogens is 320 g/mol. The van der Waals surface area contributed by atoms with E-state index in [1.165, 1.54) is 6.42 Å². The zero-order valence-electron chi connectivity index (χ0n) is 12.1. The highest BCUT2D eigenvalue weighted by Gasteiger charge is 2.30. The number of benzene rings is 1. The highest BCUT2D eigenvalue weighted by molar-refractivity contribution is 9.08. The molecule has 20 heavy (non-hydrogen) atoms. The Hall–Kier alpha value is -1.10. The van der Waals surface area contributed by atoms with E-state index >= 15 is 0 Å². The van der Waals surface area contributed by atoms with Crippen molar-refractivity contribution in [3.8, 4) is 0 Å². The van der Waals surface area contributed by atoms with Crippen LogP contribution in [0.4, 0.5) is 11.4 Å². The topological polar surface area (TPSA) is 46.4 Å². The summed E-state index contributed by atoms with van der Waals surface area (Å²) in [5.74, 6) is 0. The summed E-state index contributed by atoms with van der Waals surface area (Å²) in [6.07, 6.45) is 3.37. The van der Waals surface area contributed by atoms with Crippen molar-refractivity contribution in [1.82, 2.24) is 0 Å². The van der Waals surface area contributed by atoms with Crippen molar-refractivity contribution in [2.75, 3.05) is 18.0 Å². The molecule has 0 aromatic heterocycles. The molecule has 2 rings (SSSR count). The third kappa shape index (κ3) is 3.14. The maximum absolute atomic E-state index is 11.3. The molecule has 1 aromatic rings. The molecule has 1 saturated heterocycles. The van der Waals surface area contributed by atoms with Crippen molar-refractivity contribution in [2.24, 2.45) is 5.41 Å². The smallest absolute Gasteiger partial charge is 0.292 e. The van der Waals surface area contributed by atoms with Crippen molar-refractivity contribution in [3.05, 3.63) is 33.9 Å². The number of nitro groups is 1. The van der Waals surface area contributed by atoms with Crippen LogP contribution in [0.25, 0.3) is 0 Å². The number of halogens is 1. The van der Waals surface area contributed by atoms with E-state index in [0.717, 1.165) is 37.2 Å². The third-order valence-electron chi connectivity index (χ3n) is 4.56. The molecule has 1 fully saturated rings. The molecule has 0 aliphatic carbocycles. The third-order valence-corrected chi connectivity index (χ3v) is 5.20. The van der Waals surface area contributed by atoms with Crippen molar-refractivity contribution in [1.29, 1.82) is 0 Å². The van der Waals surface area contributed by atoms with Gasteiger partial charge in [-0.1, -0.05) is 42.3 Å². The van der Waals surface area contributed by atoms with Gasteiger partial charge >= 0.3 is 0 Å². The van der Waals surface area contributed by atoms with Crippen LogP contribution in [0.2, 0.25) is 0 Å². The first kappa shape index (κ1) is 15.3. The number of piperidine rings is 1. The van der Waals surface area contributed by atoms with Crippen LogP contribution in [0, 0.1) is 15.5 Å². The second kappa shape index (κ2) is 6.12. The second-order valence-corrected chi connectivity index (χ2v) is 6.43. The lowest BCUT2D eigenvalue weighted by atomic mass is 9.78. The molecule has 4 nitrogen and oxygen atoms in total. The number of alkyl halides is 1. The molecular formula is C15H21BrN2O2. The molecule has 0 radical (unpaired) electrons. The number of hydrogen-bond acceptors (Lipinski definition) is 3. The van der Waals surface area contributed by atoms with Gasteiger partial charge in [-0.05, 0) is 29.9 Å². The molecule has 110 valence electrons. The molecule has 0 N–H and O–H groups in total. The minimum Gasteiger partial charge on any atom is -0.366 e. The first-order chi connectivity index (χ1) is 9.49. The van der Waals surface area contributed by atoms with Gasteiger partial charge in [-0.3, -0.25) is 10.1 Å². The van der Waals surface area contributed by atoms with Gasteiger partial charge in [0.05, 0.1) is 4.92 Å². The molecule has 0 saturated carbocycles. The number of nitrogens with zero attached hydrogens (tertiary/aromatic N) is 2. The van der Waals surface area contributed by atoms with Gasteiger partial charge in [-0.25, -0.2) is 0 Å². The van der Waals surface area contributed by atoms with E-state index in [2.05, 4.69) is 34.7 Å². The van der Waals surface area contributed by atoms with Gasteiger partial charge in [-0.15, -0.1) is 0 Å². The fraction of sp³-hybridized carbons (Fsp3) is 0.600. The van der Waals surface area contributed by atoms with E-state index in [1.54, 1.807) is 6.07 Å². The highest BCUT2D eigenvalue weighted by Crippen LogP contribution is 2.38. The fourth-order valence-electron chi connectivity index (χ4n) is 2.71. The summed E-state index contributed by atoms with van der Waals surface area (Å²) in [6.45, 7) is 6.34. The maximum Gasteiger partial charge on any atom is 0.292 e. The Balaban J connectivity index is 2.23. The van der Waals surface area contributed by atoms with Gasteiger partial charge in [0.25, 0.3) is 5.69 Å². The lowest BCUT2D eigenvalue weighted by molar-refractivity contribution is -0.384. The Kier molecular flexibility index (Phi) is 4.68. The van der Waals surface area contributed by atoms with E-state index in [1.807, 2.05) is 12.1 Å². The largest absolute Gasteiger partial charge is 0.366 e. The second-order valence-electron chi connectivity index (χ2n) is 5.87. The van der Waals surface area contributed by atoms with E-state index < -0.39 is 0 Å². The Morgan fingerprint density at radius 2 is 2.05 bits per heavy atom. The number of rotatable bonds is 4. The summed E-state index contributed by atoms with van der Waals surface area (Å²) in [5.41, 5.74) is 2.32. The molecule has 0 spiro atoms. The lowest BCUT2D eigenvalue weighted by Crippen LogP contribution is -2.38. The van der Waals surface area contributed by atoms with Gasteiger partial charge in [-0.2, -0.15) is 0 Å². The normalized spacial score (nSPS) is 18.1. The molecule has 1 heterocycles. The summed E-state index contributed by atoms with van der Waals surface area (Å²) >= 11 is 3.35. The van der Waals surface area contributed by atoms with Gasteiger partial charge < -0.3 is 4.90 Å². The van der Waals surface area contributed by atoms with Crippen molar-refractivity contribution in [3.63, 3.8) is 0 Å². The number of nitro benzene ring substituents is 1. The Morgan fingerprint density at radius 1 is 1.40 bits per heavy atom. The average Bonchev–Trinajstić information content (AvgIpc) is 2.47. The van der Waals surface area contributed by atoms with Gasteiger partial charge in [0.1, 0.15) is 5.69 Å². The zero-order valence-corrected chi connectivity index (χ0v) is 13.6. The Labute approximate surface area is 128 Å². The van der Waals surface area contributed by atoms with E-state index in [-0.39, 0.29) is 10.6 Å². The molecule has 1 aliphatic rings. The molecule has 0 bridgehead atoms. The summed E-state index contributed by atoms with van der Waals surface area (Å²) in [5, 5.41) is 11.9. The summed E-state index contributed by atoms with van der Waals surface area (Å²) in [6, 6.07) is 5.53. The molecule has 0 atom stereocenters. The maximum atomic E-state index is 11.3. The van der Waals surface area contributed by atoms with Crippen LogP contribution < -0.4 is 4.90 Å². The van der Waals surface area contributed by atoms with Crippen molar-refractivity contribution in [2.45, 2.75) is 38.4 Å². The first-order valence-electron chi connectivity index (χ1n) is 7.07. The van der Waals surface area contributed by atoms with Crippen LogP contribution in [0.15, 0.2) is 18.2 Å². The number of hydrogen-bond donors (Lipinski definition) is 0. The standard InChI is InChI=1S/C15H21BrN2O2/c1-3-15(2)6-8-17(9-7-15)13-5-4-12(11-16)10-14(13)18(19)20/h4-5,10H,3,6-9,11H2,1-2H3. The van der Waals surface area contributed by atoms with Crippen LogP contribution in [-0.4, -0.2) is 18.0 Å². The predicted octanol–water partition coefficient (Wildman–Crippen LogP) is 4.51. The summed E-state index contributed by atoms with van der Waals surface area (Å²) in [7, 11) is 0. The van der Waals surface area contributed by atoms with Crippen LogP contribution in [0.1, 0.15) is 38.7 Å². The van der Waals surface area contributed by atoms with Crippen molar-refractivity contribution >= 4 is 27.3 Å². The molecule has 0 unspecified atom stereocenters. The Bertz CT molecular complexity index is 497. The molecule has 1 aliphatic heterocycles. The van der Waals surface area contributed by atoms with Crippen LogP contribution in [0.5, 0.6) is 0 Å². The fourth-order valence-corrected chi connectivity index (χ4v) is 3.06. The average molecular weight is 341 g/mol. The lowest BCUT2D eigenvalue weighted by Gasteiger charge is -2.39. The van der Waals surface area contributed by atoms with Gasteiger partial charge in [0.2, 0.25) is 0 Å². The summed E-state index contributed by atoms with van der Waals surface area (Å²) < 4.78 is 0. The predicted molar refractivity (Wildman–Crippen MR) is 85.6 cm³/mol. The quantitative estimate of drug-likeness (QED) is 0.460. The van der Waals surface area contributed by atoms with E-state index in [0.29, 0.717) is 10.7 Å². The zero-order chi connectivity index (χ0) is 14.8. The molecule has 1 aromatic carbocycles. The Morgan fingerprint density at radius 3 is 2.55 bits per heavy atom. The van der Waals surface area contributed by atoms with Crippen LogP contribution in [-0.2, 0) is 5.33 Å². The first-order valence-corrected chi connectivity index (χ1v) is 8.19.